The molecule has 0 bridgehead atoms. The Balaban J connectivity index is 1.39. The lowest BCUT2D eigenvalue weighted by Crippen LogP contribution is -2.14. The smallest absolute Gasteiger partial charge is 0.307 e. The maximum absolute atomic E-state index is 14.4. The van der Waals surface area contributed by atoms with Gasteiger partial charge in [-0.15, -0.1) is 0 Å². The molecule has 1 aromatic heterocycles. The van der Waals surface area contributed by atoms with Crippen LogP contribution in [0, 0.1) is 11.7 Å². The Morgan fingerprint density at radius 3 is 2.52 bits per heavy atom. The summed E-state index contributed by atoms with van der Waals surface area (Å²) in [6.45, 7) is 8.59. The third-order valence-electron chi connectivity index (χ3n) is 7.06. The maximum Gasteiger partial charge on any atom is 0.307 e. The SMILES string of the molecule is CC(CSCc1cc(OCc2ccc(-c3cccc4c3oc3ccccc34)c(C(C)(C)C)c2)ccc1F)C(=O)O. The first-order valence-electron chi connectivity index (χ1n) is 13.4. The van der Waals surface area contributed by atoms with E-state index < -0.39 is 11.9 Å². The Morgan fingerprint density at radius 2 is 1.75 bits per heavy atom. The summed E-state index contributed by atoms with van der Waals surface area (Å²) in [5, 5.41) is 11.3. The van der Waals surface area contributed by atoms with Crippen molar-refractivity contribution in [3.05, 3.63) is 101 Å². The number of fused-ring (bicyclic) bond motifs is 3. The third kappa shape index (κ3) is 5.87. The fourth-order valence-electron chi connectivity index (χ4n) is 4.83. The maximum atomic E-state index is 14.4. The van der Waals surface area contributed by atoms with Gasteiger partial charge < -0.3 is 14.3 Å². The van der Waals surface area contributed by atoms with Crippen molar-refractivity contribution in [1.82, 2.24) is 0 Å². The quantitative estimate of drug-likeness (QED) is 0.196. The molecule has 0 fully saturated rings. The van der Waals surface area contributed by atoms with Crippen molar-refractivity contribution >= 4 is 39.7 Å². The van der Waals surface area contributed by atoms with E-state index in [1.165, 1.54) is 23.4 Å². The summed E-state index contributed by atoms with van der Waals surface area (Å²) >= 11 is 1.40. The van der Waals surface area contributed by atoms with Crippen LogP contribution in [-0.2, 0) is 22.6 Å². The fraction of sp³-hybridized carbons (Fsp3) is 0.265. The van der Waals surface area contributed by atoms with Gasteiger partial charge in [-0.1, -0.05) is 82.3 Å². The number of carboxylic acids is 1. The van der Waals surface area contributed by atoms with Crippen LogP contribution in [0.5, 0.6) is 5.75 Å². The molecule has 4 aromatic carbocycles. The van der Waals surface area contributed by atoms with Crippen molar-refractivity contribution in [1.29, 1.82) is 0 Å². The second-order valence-corrected chi connectivity index (χ2v) is 12.2. The van der Waals surface area contributed by atoms with Crippen molar-refractivity contribution in [3.63, 3.8) is 0 Å². The summed E-state index contributed by atoms with van der Waals surface area (Å²) in [6, 6.07) is 25.5. The van der Waals surface area contributed by atoms with Gasteiger partial charge in [0.2, 0.25) is 0 Å². The molecule has 5 rings (SSSR count). The molecular weight excluding hydrogens is 523 g/mol. The molecule has 4 nitrogen and oxygen atoms in total. The van der Waals surface area contributed by atoms with Crippen LogP contribution in [0.25, 0.3) is 33.1 Å². The van der Waals surface area contributed by atoms with Crippen LogP contribution in [-0.4, -0.2) is 16.8 Å². The summed E-state index contributed by atoms with van der Waals surface area (Å²) in [4.78, 5) is 11.1. The number of ether oxygens (including phenoxy) is 1. The van der Waals surface area contributed by atoms with Crippen molar-refractivity contribution in [2.75, 3.05) is 5.75 Å². The molecular formula is C34H33FO4S. The highest BCUT2D eigenvalue weighted by Gasteiger charge is 2.22. The van der Waals surface area contributed by atoms with E-state index in [1.807, 2.05) is 18.2 Å². The number of halogens is 1. The van der Waals surface area contributed by atoms with Gasteiger partial charge in [-0.3, -0.25) is 4.79 Å². The number of hydrogen-bond acceptors (Lipinski definition) is 4. The molecule has 6 heteroatoms. The molecule has 1 atom stereocenters. The van der Waals surface area contributed by atoms with E-state index in [4.69, 9.17) is 14.3 Å². The number of thioether (sulfide) groups is 1. The lowest BCUT2D eigenvalue weighted by molar-refractivity contribution is -0.140. The minimum absolute atomic E-state index is 0.132. The standard InChI is InChI=1S/C34H33FO4S/c1-21(33(36)37)19-40-20-23-17-24(13-15-30(23)35)38-18-22-12-14-25(29(16-22)34(2,3)4)27-9-7-10-28-26-8-5-6-11-31(26)39-32(27)28/h5-17,21H,18-20H2,1-4H3,(H,36,37). The van der Waals surface area contributed by atoms with Gasteiger partial charge in [-0.2, -0.15) is 11.8 Å². The lowest BCUT2D eigenvalue weighted by Gasteiger charge is -2.24. The summed E-state index contributed by atoms with van der Waals surface area (Å²) < 4.78 is 26.8. The molecule has 40 heavy (non-hydrogen) atoms. The first kappa shape index (κ1) is 27.8. The van der Waals surface area contributed by atoms with E-state index in [0.717, 1.165) is 38.6 Å². The van der Waals surface area contributed by atoms with Crippen LogP contribution >= 0.6 is 11.8 Å². The molecule has 206 valence electrons. The van der Waals surface area contributed by atoms with E-state index in [0.29, 0.717) is 29.4 Å². The number of furan rings is 1. The van der Waals surface area contributed by atoms with Gasteiger partial charge in [0.1, 0.15) is 29.3 Å². The molecule has 5 aromatic rings. The molecule has 0 saturated carbocycles. The Morgan fingerprint density at radius 1 is 0.975 bits per heavy atom. The minimum Gasteiger partial charge on any atom is -0.489 e. The largest absolute Gasteiger partial charge is 0.489 e. The molecule has 0 radical (unpaired) electrons. The topological polar surface area (TPSA) is 59.7 Å². The van der Waals surface area contributed by atoms with Gasteiger partial charge in [-0.25, -0.2) is 4.39 Å². The van der Waals surface area contributed by atoms with Crippen LogP contribution in [0.3, 0.4) is 0 Å². The summed E-state index contributed by atoms with van der Waals surface area (Å²) in [7, 11) is 0. The van der Waals surface area contributed by atoms with Crippen LogP contribution in [0.4, 0.5) is 4.39 Å². The average molecular weight is 557 g/mol. The Hall–Kier alpha value is -3.77. The van der Waals surface area contributed by atoms with Crippen LogP contribution in [0.2, 0.25) is 0 Å². The first-order chi connectivity index (χ1) is 19.1. The number of aliphatic carboxylic acids is 1. The van der Waals surface area contributed by atoms with Gasteiger partial charge >= 0.3 is 5.97 Å². The molecule has 0 aliphatic carbocycles. The molecule has 0 aliphatic heterocycles. The highest BCUT2D eigenvalue weighted by atomic mass is 32.2. The van der Waals surface area contributed by atoms with Gasteiger partial charge in [0, 0.05) is 33.4 Å². The molecule has 0 aliphatic rings. The fourth-order valence-corrected chi connectivity index (χ4v) is 5.89. The van der Waals surface area contributed by atoms with Gasteiger partial charge in [0.25, 0.3) is 0 Å². The predicted octanol–water partition coefficient (Wildman–Crippen LogP) is 9.22. The predicted molar refractivity (Wildman–Crippen MR) is 162 cm³/mol. The number of rotatable bonds is 9. The van der Waals surface area contributed by atoms with Gasteiger partial charge in [0.05, 0.1) is 5.92 Å². The number of para-hydroxylation sites is 2. The van der Waals surface area contributed by atoms with Crippen molar-refractivity contribution < 1.29 is 23.4 Å². The first-order valence-corrected chi connectivity index (χ1v) is 14.5. The number of benzene rings is 4. The normalized spacial score (nSPS) is 12.6. The van der Waals surface area contributed by atoms with Crippen molar-refractivity contribution in [2.45, 2.75) is 45.5 Å². The molecule has 1 unspecified atom stereocenters. The molecule has 0 spiro atoms. The van der Waals surface area contributed by atoms with Crippen LogP contribution < -0.4 is 4.74 Å². The molecule has 0 amide bonds. The van der Waals surface area contributed by atoms with Crippen molar-refractivity contribution in [2.24, 2.45) is 5.92 Å². The zero-order chi connectivity index (χ0) is 28.4. The molecule has 0 saturated heterocycles. The van der Waals surface area contributed by atoms with E-state index in [2.05, 4.69) is 63.2 Å². The zero-order valence-electron chi connectivity index (χ0n) is 23.2. The second-order valence-electron chi connectivity index (χ2n) is 11.2. The summed E-state index contributed by atoms with van der Waals surface area (Å²) in [5.41, 5.74) is 6.51. The van der Waals surface area contributed by atoms with E-state index in [9.17, 15) is 9.18 Å². The minimum atomic E-state index is -0.847. The highest BCUT2D eigenvalue weighted by Crippen LogP contribution is 2.40. The lowest BCUT2D eigenvalue weighted by atomic mass is 9.80. The summed E-state index contributed by atoms with van der Waals surface area (Å²) in [6.07, 6.45) is 0. The van der Waals surface area contributed by atoms with E-state index in [1.54, 1.807) is 19.1 Å². The molecule has 1 N–H and O–H groups in total. The highest BCUT2D eigenvalue weighted by molar-refractivity contribution is 7.98. The zero-order valence-corrected chi connectivity index (χ0v) is 24.0. The van der Waals surface area contributed by atoms with E-state index in [-0.39, 0.29) is 11.2 Å². The van der Waals surface area contributed by atoms with Gasteiger partial charge in [-0.05, 0) is 46.4 Å². The number of carboxylic acid groups (broad SMARTS) is 1. The van der Waals surface area contributed by atoms with E-state index >= 15 is 0 Å². The van der Waals surface area contributed by atoms with Gasteiger partial charge in [0.15, 0.2) is 0 Å². The van der Waals surface area contributed by atoms with Crippen molar-refractivity contribution in [3.8, 4) is 16.9 Å². The number of hydrogen-bond donors (Lipinski definition) is 1. The Bertz CT molecular complexity index is 1680. The Kier molecular flexibility index (Phi) is 7.90. The Labute approximate surface area is 238 Å². The second kappa shape index (κ2) is 11.4. The third-order valence-corrected chi connectivity index (χ3v) is 8.31. The summed E-state index contributed by atoms with van der Waals surface area (Å²) in [5.74, 6) is -0.259. The van der Waals surface area contributed by atoms with Crippen LogP contribution in [0.1, 0.15) is 44.4 Å². The molecule has 1 heterocycles. The monoisotopic (exact) mass is 556 g/mol. The number of carbonyl (C=O) groups is 1. The average Bonchev–Trinajstić information content (AvgIpc) is 3.31. The van der Waals surface area contributed by atoms with Crippen LogP contribution in [0.15, 0.2) is 83.3 Å².